The summed E-state index contributed by atoms with van der Waals surface area (Å²) in [5, 5.41) is 0. The van der Waals surface area contributed by atoms with E-state index in [1.165, 1.54) is 0 Å². The molecule has 17 heavy (non-hydrogen) atoms. The molecule has 88 valence electrons. The number of benzene rings is 1. The summed E-state index contributed by atoms with van der Waals surface area (Å²) in [5.41, 5.74) is 8.53. The molecule has 1 aromatic heterocycles. The molecule has 0 aliphatic rings. The molecule has 1 heterocycles. The van der Waals surface area contributed by atoms with Gasteiger partial charge in [0, 0.05) is 10.7 Å². The summed E-state index contributed by atoms with van der Waals surface area (Å²) in [7, 11) is 0. The highest BCUT2D eigenvalue weighted by molar-refractivity contribution is 9.10. The van der Waals surface area contributed by atoms with Crippen molar-refractivity contribution in [3.63, 3.8) is 0 Å². The Kier molecular flexibility index (Phi) is 3.64. The van der Waals surface area contributed by atoms with Crippen LogP contribution < -0.4 is 10.5 Å². The van der Waals surface area contributed by atoms with E-state index in [9.17, 15) is 0 Å². The van der Waals surface area contributed by atoms with E-state index in [1.54, 1.807) is 6.20 Å². The normalized spacial score (nSPS) is 10.2. The van der Waals surface area contributed by atoms with E-state index >= 15 is 0 Å². The highest BCUT2D eigenvalue weighted by Crippen LogP contribution is 2.22. The summed E-state index contributed by atoms with van der Waals surface area (Å²) in [6.45, 7) is 2.39. The maximum atomic E-state index is 5.88. The van der Waals surface area contributed by atoms with E-state index in [2.05, 4.69) is 20.9 Å². The molecule has 0 fully saturated rings. The number of nitrogens with zero attached hydrogens (tertiary/aromatic N) is 1. The fourth-order valence-corrected chi connectivity index (χ4v) is 1.88. The van der Waals surface area contributed by atoms with Crippen molar-refractivity contribution in [3.8, 4) is 5.88 Å². The second-order valence-corrected chi connectivity index (χ2v) is 4.68. The molecule has 0 aliphatic carbocycles. The van der Waals surface area contributed by atoms with Gasteiger partial charge in [0.2, 0.25) is 5.88 Å². The number of pyridine rings is 1. The molecule has 2 aromatic rings. The van der Waals surface area contributed by atoms with E-state index in [0.717, 1.165) is 15.6 Å². The number of rotatable bonds is 3. The molecular formula is C13H13BrN2O. The lowest BCUT2D eigenvalue weighted by Crippen LogP contribution is -2.02. The third-order valence-electron chi connectivity index (χ3n) is 2.44. The molecule has 0 saturated heterocycles. The number of aromatic nitrogens is 1. The lowest BCUT2D eigenvalue weighted by atomic mass is 10.2. The maximum Gasteiger partial charge on any atom is 0.237 e. The Hall–Kier alpha value is -1.55. The molecule has 3 nitrogen and oxygen atoms in total. The molecule has 2 N–H and O–H groups in total. The van der Waals surface area contributed by atoms with Crippen molar-refractivity contribution < 1.29 is 4.74 Å². The quantitative estimate of drug-likeness (QED) is 0.944. The number of anilines is 1. The van der Waals surface area contributed by atoms with Crippen LogP contribution in [0.25, 0.3) is 0 Å². The molecule has 0 bridgehead atoms. The first-order valence-corrected chi connectivity index (χ1v) is 6.04. The number of hydrogen-bond acceptors (Lipinski definition) is 3. The van der Waals surface area contributed by atoms with Gasteiger partial charge in [0.15, 0.2) is 0 Å². The highest BCUT2D eigenvalue weighted by Gasteiger charge is 2.04. The van der Waals surface area contributed by atoms with E-state index in [1.807, 2.05) is 37.3 Å². The third kappa shape index (κ3) is 2.97. The molecule has 0 aliphatic heterocycles. The molecule has 1 aromatic carbocycles. The number of ether oxygens (including phenoxy) is 1. The van der Waals surface area contributed by atoms with Gasteiger partial charge in [-0.15, -0.1) is 0 Å². The Labute approximate surface area is 109 Å². The highest BCUT2D eigenvalue weighted by atomic mass is 79.9. The van der Waals surface area contributed by atoms with Gasteiger partial charge in [0.25, 0.3) is 0 Å². The van der Waals surface area contributed by atoms with Gasteiger partial charge in [0.05, 0.1) is 5.69 Å². The van der Waals surface area contributed by atoms with Crippen molar-refractivity contribution in [2.45, 2.75) is 13.5 Å². The standard InChI is InChI=1S/C13H13BrN2O/c1-9-5-6-16-13(12(9)15)17-8-10-3-2-4-11(14)7-10/h2-7H,8,15H2,1H3. The van der Waals surface area contributed by atoms with Crippen LogP contribution in [0.15, 0.2) is 41.0 Å². The van der Waals surface area contributed by atoms with Crippen molar-refractivity contribution in [1.29, 1.82) is 0 Å². The second-order valence-electron chi connectivity index (χ2n) is 3.77. The number of nitrogen functional groups attached to an aromatic ring is 1. The summed E-state index contributed by atoms with van der Waals surface area (Å²) in [6.07, 6.45) is 1.70. The van der Waals surface area contributed by atoms with Gasteiger partial charge in [0.1, 0.15) is 6.61 Å². The first-order chi connectivity index (χ1) is 8.16. The van der Waals surface area contributed by atoms with Crippen molar-refractivity contribution in [2.24, 2.45) is 0 Å². The van der Waals surface area contributed by atoms with Gasteiger partial charge in [-0.3, -0.25) is 0 Å². The summed E-state index contributed by atoms with van der Waals surface area (Å²) in [5.74, 6) is 0.491. The summed E-state index contributed by atoms with van der Waals surface area (Å²) < 4.78 is 6.63. The summed E-state index contributed by atoms with van der Waals surface area (Å²) in [4.78, 5) is 4.12. The van der Waals surface area contributed by atoms with E-state index in [-0.39, 0.29) is 0 Å². The SMILES string of the molecule is Cc1ccnc(OCc2cccc(Br)c2)c1N. The van der Waals surface area contributed by atoms with E-state index < -0.39 is 0 Å². The molecule has 2 rings (SSSR count). The van der Waals surface area contributed by atoms with Crippen molar-refractivity contribution in [3.05, 3.63) is 52.1 Å². The van der Waals surface area contributed by atoms with Crippen LogP contribution in [0, 0.1) is 6.92 Å². The molecular weight excluding hydrogens is 280 g/mol. The molecule has 4 heteroatoms. The Bertz CT molecular complexity index is 529. The minimum absolute atomic E-state index is 0.458. The summed E-state index contributed by atoms with van der Waals surface area (Å²) in [6, 6.07) is 9.81. The topological polar surface area (TPSA) is 48.1 Å². The molecule has 0 radical (unpaired) electrons. The largest absolute Gasteiger partial charge is 0.471 e. The number of halogens is 1. The Morgan fingerprint density at radius 1 is 1.35 bits per heavy atom. The molecule has 0 spiro atoms. The average molecular weight is 293 g/mol. The zero-order chi connectivity index (χ0) is 12.3. The number of aryl methyl sites for hydroxylation is 1. The predicted molar refractivity (Wildman–Crippen MR) is 71.9 cm³/mol. The lowest BCUT2D eigenvalue weighted by molar-refractivity contribution is 0.295. The first-order valence-electron chi connectivity index (χ1n) is 5.25. The average Bonchev–Trinajstić information content (AvgIpc) is 2.31. The third-order valence-corrected chi connectivity index (χ3v) is 2.93. The molecule has 0 unspecified atom stereocenters. The molecule has 0 atom stereocenters. The van der Waals surface area contributed by atoms with Crippen LogP contribution in [0.4, 0.5) is 5.69 Å². The molecule has 0 amide bonds. The Morgan fingerprint density at radius 3 is 2.94 bits per heavy atom. The second kappa shape index (κ2) is 5.19. The predicted octanol–water partition coefficient (Wildman–Crippen LogP) is 3.31. The smallest absolute Gasteiger partial charge is 0.237 e. The van der Waals surface area contributed by atoms with Crippen LogP contribution >= 0.6 is 15.9 Å². The van der Waals surface area contributed by atoms with Crippen molar-refractivity contribution in [1.82, 2.24) is 4.98 Å². The maximum absolute atomic E-state index is 5.88. The van der Waals surface area contributed by atoms with Gasteiger partial charge in [-0.1, -0.05) is 28.1 Å². The van der Waals surface area contributed by atoms with Crippen LogP contribution in [-0.2, 0) is 6.61 Å². The van der Waals surface area contributed by atoms with Crippen LogP contribution in [0.2, 0.25) is 0 Å². The Balaban J connectivity index is 2.10. The van der Waals surface area contributed by atoms with Crippen LogP contribution in [-0.4, -0.2) is 4.98 Å². The van der Waals surface area contributed by atoms with Gasteiger partial charge in [-0.25, -0.2) is 4.98 Å². The van der Waals surface area contributed by atoms with Crippen LogP contribution in [0.5, 0.6) is 5.88 Å². The van der Waals surface area contributed by atoms with Crippen LogP contribution in [0.1, 0.15) is 11.1 Å². The molecule has 0 saturated carbocycles. The fourth-order valence-electron chi connectivity index (χ4n) is 1.44. The Morgan fingerprint density at radius 2 is 2.18 bits per heavy atom. The number of nitrogens with two attached hydrogens (primary N) is 1. The fraction of sp³-hybridized carbons (Fsp3) is 0.154. The number of hydrogen-bond donors (Lipinski definition) is 1. The zero-order valence-corrected chi connectivity index (χ0v) is 11.1. The van der Waals surface area contributed by atoms with E-state index in [0.29, 0.717) is 18.2 Å². The van der Waals surface area contributed by atoms with Gasteiger partial charge >= 0.3 is 0 Å². The zero-order valence-electron chi connectivity index (χ0n) is 9.48. The van der Waals surface area contributed by atoms with Gasteiger partial charge in [-0.05, 0) is 36.2 Å². The van der Waals surface area contributed by atoms with E-state index in [4.69, 9.17) is 10.5 Å². The van der Waals surface area contributed by atoms with Gasteiger partial charge < -0.3 is 10.5 Å². The first kappa shape index (κ1) is 11.9. The van der Waals surface area contributed by atoms with Crippen molar-refractivity contribution in [2.75, 3.05) is 5.73 Å². The minimum Gasteiger partial charge on any atom is -0.471 e. The summed E-state index contributed by atoms with van der Waals surface area (Å²) >= 11 is 3.42. The van der Waals surface area contributed by atoms with Gasteiger partial charge in [-0.2, -0.15) is 0 Å². The lowest BCUT2D eigenvalue weighted by Gasteiger charge is -2.09. The minimum atomic E-state index is 0.458. The van der Waals surface area contributed by atoms with Crippen molar-refractivity contribution >= 4 is 21.6 Å². The monoisotopic (exact) mass is 292 g/mol. The van der Waals surface area contributed by atoms with Crippen LogP contribution in [0.3, 0.4) is 0 Å².